The minimum Gasteiger partial charge on any atom is -0.479 e. The monoisotopic (exact) mass is 378 g/mol. The van der Waals surface area contributed by atoms with Gasteiger partial charge in [0, 0.05) is 29.9 Å². The predicted octanol–water partition coefficient (Wildman–Crippen LogP) is 1.23. The number of fused-ring (bicyclic) bond motifs is 2. The first-order valence-electron chi connectivity index (χ1n) is 9.49. The second kappa shape index (κ2) is 5.65. The Bertz CT molecular complexity index is 770. The van der Waals surface area contributed by atoms with Crippen molar-refractivity contribution in [1.82, 2.24) is 0 Å². The third kappa shape index (κ3) is 2.19. The number of aliphatic hydroxyl groups excluding tert-OH is 1. The summed E-state index contributed by atoms with van der Waals surface area (Å²) < 4.78 is 17.7. The summed E-state index contributed by atoms with van der Waals surface area (Å²) in [6, 6.07) is 0. The standard InChI is InChI=1S/C20H26O7/c1-5-10(2)20(24)19(4)16-13(25-17(19)23)6-11(9-21)12-7-15(22)18(3,26-12)8-14(16)27-20/h6-7,10,13-14,16,21,24H,5,8-9H2,1-4H3/b11-6-/t10-,13-,14+,16?,18-,19-,20-/m1/s1. The summed E-state index contributed by atoms with van der Waals surface area (Å²) in [5, 5.41) is 21.3. The molecule has 2 saturated heterocycles. The molecule has 0 spiro atoms. The van der Waals surface area contributed by atoms with Crippen LogP contribution in [0.2, 0.25) is 0 Å². The fourth-order valence-electron chi connectivity index (χ4n) is 5.08. The van der Waals surface area contributed by atoms with Crippen molar-refractivity contribution in [2.75, 3.05) is 6.61 Å². The van der Waals surface area contributed by atoms with Gasteiger partial charge in [0.1, 0.15) is 17.3 Å². The lowest BCUT2D eigenvalue weighted by Crippen LogP contribution is -2.53. The quantitative estimate of drug-likeness (QED) is 0.712. The minimum absolute atomic E-state index is 0.185. The number of carbonyl (C=O) groups excluding carboxylic acids is 2. The van der Waals surface area contributed by atoms with Crippen molar-refractivity contribution in [3.8, 4) is 0 Å². The van der Waals surface area contributed by atoms with Gasteiger partial charge in [0.15, 0.2) is 11.4 Å². The molecule has 0 radical (unpaired) electrons. The molecule has 7 heteroatoms. The zero-order chi connectivity index (χ0) is 19.8. The van der Waals surface area contributed by atoms with Crippen LogP contribution in [0.25, 0.3) is 0 Å². The SMILES string of the molecule is CC[C@@H](C)[C@@]1(O)O[C@H]2C[C@@]3(C)OC(=CC3=O)/C(CO)=C\[C@H]3OC(=O)[C@@]1(C)C23. The van der Waals surface area contributed by atoms with E-state index in [0.717, 1.165) is 0 Å². The summed E-state index contributed by atoms with van der Waals surface area (Å²) in [6.45, 7) is 6.76. The van der Waals surface area contributed by atoms with Gasteiger partial charge < -0.3 is 24.4 Å². The molecule has 0 aromatic carbocycles. The predicted molar refractivity (Wildman–Crippen MR) is 93.1 cm³/mol. The van der Waals surface area contributed by atoms with Crippen molar-refractivity contribution in [3.63, 3.8) is 0 Å². The molecule has 2 N–H and O–H groups in total. The highest BCUT2D eigenvalue weighted by Crippen LogP contribution is 2.61. The smallest absolute Gasteiger partial charge is 0.318 e. The number of carbonyl (C=O) groups is 2. The minimum atomic E-state index is -1.70. The van der Waals surface area contributed by atoms with Crippen LogP contribution in [0.3, 0.4) is 0 Å². The van der Waals surface area contributed by atoms with Crippen LogP contribution in [-0.2, 0) is 23.8 Å². The normalized spacial score (nSPS) is 48.4. The Kier molecular flexibility index (Phi) is 3.91. The maximum atomic E-state index is 12.9. The number of ketones is 1. The summed E-state index contributed by atoms with van der Waals surface area (Å²) in [4.78, 5) is 25.5. The summed E-state index contributed by atoms with van der Waals surface area (Å²) >= 11 is 0. The third-order valence-corrected chi connectivity index (χ3v) is 7.01. The van der Waals surface area contributed by atoms with Crippen LogP contribution in [0.4, 0.5) is 0 Å². The van der Waals surface area contributed by atoms with Gasteiger partial charge in [-0.05, 0) is 26.3 Å². The molecule has 0 saturated carbocycles. The molecule has 148 valence electrons. The zero-order valence-electron chi connectivity index (χ0n) is 16.0. The molecule has 4 aliphatic rings. The topological polar surface area (TPSA) is 102 Å². The molecule has 0 aromatic heterocycles. The van der Waals surface area contributed by atoms with E-state index in [2.05, 4.69) is 0 Å². The van der Waals surface area contributed by atoms with Crippen LogP contribution < -0.4 is 0 Å². The molecule has 0 amide bonds. The highest BCUT2D eigenvalue weighted by atomic mass is 16.7. The summed E-state index contributed by atoms with van der Waals surface area (Å²) in [6.07, 6.45) is 2.51. The van der Waals surface area contributed by atoms with Gasteiger partial charge in [-0.25, -0.2) is 0 Å². The molecule has 4 heterocycles. The summed E-state index contributed by atoms with van der Waals surface area (Å²) in [7, 11) is 0. The first kappa shape index (κ1) is 18.7. The largest absolute Gasteiger partial charge is 0.479 e. The first-order chi connectivity index (χ1) is 12.6. The lowest BCUT2D eigenvalue weighted by Gasteiger charge is -2.38. The number of ether oxygens (including phenoxy) is 3. The van der Waals surface area contributed by atoms with E-state index in [0.29, 0.717) is 17.8 Å². The average Bonchev–Trinajstić information content (AvgIpc) is 3.14. The summed E-state index contributed by atoms with van der Waals surface area (Å²) in [5.41, 5.74) is -2.04. The van der Waals surface area contributed by atoms with Gasteiger partial charge >= 0.3 is 5.97 Å². The highest BCUT2D eigenvalue weighted by molar-refractivity contribution is 6.00. The highest BCUT2D eigenvalue weighted by Gasteiger charge is 2.75. The van der Waals surface area contributed by atoms with Gasteiger partial charge in [-0.2, -0.15) is 0 Å². The van der Waals surface area contributed by atoms with Crippen molar-refractivity contribution in [2.24, 2.45) is 17.3 Å². The number of esters is 1. The molecule has 2 bridgehead atoms. The molecule has 7 nitrogen and oxygen atoms in total. The van der Waals surface area contributed by atoms with Crippen LogP contribution >= 0.6 is 0 Å². The van der Waals surface area contributed by atoms with Crippen LogP contribution in [0, 0.1) is 17.3 Å². The van der Waals surface area contributed by atoms with E-state index in [4.69, 9.17) is 14.2 Å². The van der Waals surface area contributed by atoms with E-state index < -0.39 is 40.9 Å². The molecule has 4 aliphatic heterocycles. The molecule has 0 aromatic rings. The van der Waals surface area contributed by atoms with E-state index >= 15 is 0 Å². The Hall–Kier alpha value is -1.70. The molecule has 27 heavy (non-hydrogen) atoms. The van der Waals surface area contributed by atoms with Gasteiger partial charge in [-0.15, -0.1) is 0 Å². The Morgan fingerprint density at radius 3 is 2.67 bits per heavy atom. The van der Waals surface area contributed by atoms with E-state index in [9.17, 15) is 19.8 Å². The van der Waals surface area contributed by atoms with E-state index in [-0.39, 0.29) is 24.7 Å². The van der Waals surface area contributed by atoms with Crippen molar-refractivity contribution in [3.05, 3.63) is 23.5 Å². The number of rotatable bonds is 3. The van der Waals surface area contributed by atoms with Gasteiger partial charge in [0.25, 0.3) is 0 Å². The first-order valence-corrected chi connectivity index (χ1v) is 9.49. The van der Waals surface area contributed by atoms with E-state index in [1.54, 1.807) is 19.9 Å². The molecule has 0 aliphatic carbocycles. The van der Waals surface area contributed by atoms with Gasteiger partial charge in [0.05, 0.1) is 12.7 Å². The number of hydrogen-bond donors (Lipinski definition) is 2. The van der Waals surface area contributed by atoms with Crippen molar-refractivity contribution < 1.29 is 34.0 Å². The molecular formula is C20H26O7. The Balaban J connectivity index is 1.88. The maximum Gasteiger partial charge on any atom is 0.318 e. The van der Waals surface area contributed by atoms with Gasteiger partial charge in [-0.1, -0.05) is 13.8 Å². The maximum absolute atomic E-state index is 12.9. The molecule has 7 atom stereocenters. The lowest BCUT2D eigenvalue weighted by molar-refractivity contribution is -0.267. The second-order valence-corrected chi connectivity index (χ2v) is 8.52. The van der Waals surface area contributed by atoms with Gasteiger partial charge in [0.2, 0.25) is 5.78 Å². The third-order valence-electron chi connectivity index (χ3n) is 7.01. The van der Waals surface area contributed by atoms with Crippen molar-refractivity contribution in [1.29, 1.82) is 0 Å². The van der Waals surface area contributed by atoms with E-state index in [1.807, 2.05) is 13.8 Å². The van der Waals surface area contributed by atoms with Crippen LogP contribution in [0.1, 0.15) is 40.5 Å². The fourth-order valence-corrected chi connectivity index (χ4v) is 5.08. The van der Waals surface area contributed by atoms with Crippen molar-refractivity contribution >= 4 is 11.8 Å². The fraction of sp³-hybridized carbons (Fsp3) is 0.700. The lowest BCUT2D eigenvalue weighted by atomic mass is 9.66. The Morgan fingerprint density at radius 1 is 1.33 bits per heavy atom. The molecular weight excluding hydrogens is 352 g/mol. The zero-order valence-corrected chi connectivity index (χ0v) is 16.0. The number of aliphatic hydroxyl groups is 2. The van der Waals surface area contributed by atoms with E-state index in [1.165, 1.54) is 6.08 Å². The van der Waals surface area contributed by atoms with Crippen LogP contribution in [0.15, 0.2) is 23.5 Å². The van der Waals surface area contributed by atoms with Crippen LogP contribution in [-0.4, -0.2) is 52.2 Å². The Morgan fingerprint density at radius 2 is 2.04 bits per heavy atom. The molecule has 4 rings (SSSR count). The molecule has 1 unspecified atom stereocenters. The average molecular weight is 378 g/mol. The Labute approximate surface area is 158 Å². The second-order valence-electron chi connectivity index (χ2n) is 8.52. The van der Waals surface area contributed by atoms with Gasteiger partial charge in [-0.3, -0.25) is 9.59 Å². The summed E-state index contributed by atoms with van der Waals surface area (Å²) in [5.74, 6) is -2.94. The van der Waals surface area contributed by atoms with Crippen molar-refractivity contribution in [2.45, 2.75) is 64.1 Å². The van der Waals surface area contributed by atoms with Crippen LogP contribution in [0.5, 0.6) is 0 Å². The number of hydrogen-bond acceptors (Lipinski definition) is 7. The molecule has 2 fully saturated rings.